The molecule has 2 N–H and O–H groups in total. The number of amides is 1. The molecule has 0 aromatic heterocycles. The van der Waals surface area contributed by atoms with Crippen molar-refractivity contribution in [2.45, 2.75) is 17.9 Å². The van der Waals surface area contributed by atoms with Crippen molar-refractivity contribution >= 4 is 28.3 Å². The van der Waals surface area contributed by atoms with Gasteiger partial charge in [0.2, 0.25) is 10.0 Å². The highest BCUT2D eigenvalue weighted by molar-refractivity contribution is 7.89. The monoisotopic (exact) mass is 359 g/mol. The van der Waals surface area contributed by atoms with Crippen LogP contribution >= 0.6 is 12.4 Å². The van der Waals surface area contributed by atoms with E-state index in [0.717, 1.165) is 13.1 Å². The number of sulfonamides is 1. The van der Waals surface area contributed by atoms with Crippen molar-refractivity contribution in [2.75, 3.05) is 26.2 Å². The maximum Gasteiger partial charge on any atom is 0.254 e. The highest BCUT2D eigenvalue weighted by Gasteiger charge is 2.24. The van der Waals surface area contributed by atoms with Crippen molar-refractivity contribution in [2.24, 2.45) is 0 Å². The molecule has 0 aliphatic carbocycles. The van der Waals surface area contributed by atoms with Gasteiger partial charge < -0.3 is 10.2 Å². The van der Waals surface area contributed by atoms with Crippen molar-refractivity contribution in [3.05, 3.63) is 42.5 Å². The lowest BCUT2D eigenvalue weighted by atomic mass is 10.1. The van der Waals surface area contributed by atoms with Gasteiger partial charge >= 0.3 is 0 Å². The molecule has 1 fully saturated rings. The summed E-state index contributed by atoms with van der Waals surface area (Å²) in [6, 6.07) is 6.13. The lowest BCUT2D eigenvalue weighted by molar-refractivity contribution is 0.0655. The molecule has 1 atom stereocenters. The van der Waals surface area contributed by atoms with Crippen LogP contribution < -0.4 is 10.0 Å². The Morgan fingerprint density at radius 1 is 1.43 bits per heavy atom. The molecular weight excluding hydrogens is 338 g/mol. The first-order valence-corrected chi connectivity index (χ1v) is 8.66. The van der Waals surface area contributed by atoms with E-state index in [1.807, 2.05) is 6.92 Å². The molecule has 2 rings (SSSR count). The number of carbonyl (C=O) groups excluding carboxylic acids is 1. The average molecular weight is 360 g/mol. The van der Waals surface area contributed by atoms with Gasteiger partial charge in [0, 0.05) is 37.8 Å². The van der Waals surface area contributed by atoms with Gasteiger partial charge in [-0.1, -0.05) is 6.08 Å². The number of piperazine rings is 1. The number of nitrogens with one attached hydrogen (secondary N) is 2. The number of benzene rings is 1. The summed E-state index contributed by atoms with van der Waals surface area (Å²) >= 11 is 0. The summed E-state index contributed by atoms with van der Waals surface area (Å²) in [5.41, 5.74) is 0.497. The van der Waals surface area contributed by atoms with E-state index in [9.17, 15) is 13.2 Å². The number of hydrogen-bond donors (Lipinski definition) is 2. The molecule has 128 valence electrons. The van der Waals surface area contributed by atoms with Crippen molar-refractivity contribution < 1.29 is 13.2 Å². The van der Waals surface area contributed by atoms with Gasteiger partial charge in [0.1, 0.15) is 0 Å². The Bertz CT molecular complexity index is 646. The van der Waals surface area contributed by atoms with Gasteiger partial charge in [0.15, 0.2) is 0 Å². The molecule has 1 aliphatic heterocycles. The van der Waals surface area contributed by atoms with Crippen LogP contribution in [-0.4, -0.2) is 51.4 Å². The fourth-order valence-electron chi connectivity index (χ4n) is 2.34. The molecule has 1 amide bonds. The number of hydrogen-bond acceptors (Lipinski definition) is 4. The zero-order valence-corrected chi connectivity index (χ0v) is 14.6. The van der Waals surface area contributed by atoms with E-state index in [1.165, 1.54) is 18.2 Å². The molecule has 0 spiro atoms. The van der Waals surface area contributed by atoms with Crippen LogP contribution in [0.5, 0.6) is 0 Å². The van der Waals surface area contributed by atoms with E-state index in [-0.39, 0.29) is 35.8 Å². The van der Waals surface area contributed by atoms with Crippen LogP contribution in [0.2, 0.25) is 0 Å². The Labute approximate surface area is 143 Å². The van der Waals surface area contributed by atoms with Crippen LogP contribution in [-0.2, 0) is 10.0 Å². The van der Waals surface area contributed by atoms with Gasteiger partial charge in [-0.05, 0) is 31.2 Å². The highest BCUT2D eigenvalue weighted by atomic mass is 35.5. The Morgan fingerprint density at radius 2 is 2.09 bits per heavy atom. The van der Waals surface area contributed by atoms with Gasteiger partial charge in [-0.15, -0.1) is 19.0 Å². The molecule has 8 heteroatoms. The van der Waals surface area contributed by atoms with Gasteiger partial charge in [-0.3, -0.25) is 4.79 Å². The van der Waals surface area contributed by atoms with Crippen molar-refractivity contribution in [1.82, 2.24) is 14.9 Å². The molecule has 6 nitrogen and oxygen atoms in total. The molecule has 0 bridgehead atoms. The minimum absolute atomic E-state index is 0. The molecule has 1 saturated heterocycles. The normalized spacial score (nSPS) is 18.1. The second kappa shape index (κ2) is 8.44. The topological polar surface area (TPSA) is 78.5 Å². The zero-order valence-electron chi connectivity index (χ0n) is 13.0. The summed E-state index contributed by atoms with van der Waals surface area (Å²) in [4.78, 5) is 14.4. The molecule has 1 aromatic rings. The maximum absolute atomic E-state index is 12.5. The third kappa shape index (κ3) is 4.78. The van der Waals surface area contributed by atoms with Crippen molar-refractivity contribution in [3.63, 3.8) is 0 Å². The summed E-state index contributed by atoms with van der Waals surface area (Å²) in [6.07, 6.45) is 1.47. The third-order valence-electron chi connectivity index (χ3n) is 3.59. The number of carbonyl (C=O) groups is 1. The van der Waals surface area contributed by atoms with E-state index in [2.05, 4.69) is 16.6 Å². The second-order valence-corrected chi connectivity index (χ2v) is 6.98. The Kier molecular flexibility index (Phi) is 7.21. The molecule has 1 aromatic carbocycles. The fraction of sp³-hybridized carbons (Fsp3) is 0.400. The average Bonchev–Trinajstić information content (AvgIpc) is 2.53. The van der Waals surface area contributed by atoms with Crippen LogP contribution in [0.1, 0.15) is 17.3 Å². The molecule has 1 aliphatic rings. The number of rotatable bonds is 5. The summed E-state index contributed by atoms with van der Waals surface area (Å²) in [5, 5.41) is 3.23. The van der Waals surface area contributed by atoms with Crippen LogP contribution in [0.3, 0.4) is 0 Å². The molecular formula is C15H22ClN3O3S. The molecule has 1 heterocycles. The lowest BCUT2D eigenvalue weighted by Gasteiger charge is -2.34. The summed E-state index contributed by atoms with van der Waals surface area (Å²) in [5.74, 6) is -0.0722. The van der Waals surface area contributed by atoms with Gasteiger partial charge in [0.25, 0.3) is 5.91 Å². The number of halogens is 1. The predicted molar refractivity (Wildman–Crippen MR) is 92.4 cm³/mol. The third-order valence-corrected chi connectivity index (χ3v) is 5.03. The lowest BCUT2D eigenvalue weighted by Crippen LogP contribution is -2.52. The van der Waals surface area contributed by atoms with Crippen LogP contribution in [0.15, 0.2) is 41.8 Å². The molecule has 1 unspecified atom stereocenters. The first-order chi connectivity index (χ1) is 10.5. The van der Waals surface area contributed by atoms with Crippen molar-refractivity contribution in [3.8, 4) is 0 Å². The van der Waals surface area contributed by atoms with E-state index >= 15 is 0 Å². The van der Waals surface area contributed by atoms with E-state index in [4.69, 9.17) is 0 Å². The summed E-state index contributed by atoms with van der Waals surface area (Å²) < 4.78 is 26.3. The summed E-state index contributed by atoms with van der Waals surface area (Å²) in [7, 11) is -3.56. The summed E-state index contributed by atoms with van der Waals surface area (Å²) in [6.45, 7) is 7.82. The van der Waals surface area contributed by atoms with E-state index in [0.29, 0.717) is 12.1 Å². The molecule has 23 heavy (non-hydrogen) atoms. The number of nitrogens with zero attached hydrogens (tertiary/aromatic N) is 1. The Hall–Kier alpha value is -1.41. The van der Waals surface area contributed by atoms with Gasteiger partial charge in [0.05, 0.1) is 4.90 Å². The second-order valence-electron chi connectivity index (χ2n) is 5.22. The SMILES string of the molecule is C=CCNS(=O)(=O)c1ccc(C(=O)N2CCNCC2C)cc1.Cl. The molecule has 0 saturated carbocycles. The fourth-order valence-corrected chi connectivity index (χ4v) is 3.34. The smallest absolute Gasteiger partial charge is 0.254 e. The van der Waals surface area contributed by atoms with Gasteiger partial charge in [-0.25, -0.2) is 13.1 Å². The maximum atomic E-state index is 12.5. The predicted octanol–water partition coefficient (Wildman–Crippen LogP) is 1.01. The highest BCUT2D eigenvalue weighted by Crippen LogP contribution is 2.14. The van der Waals surface area contributed by atoms with E-state index in [1.54, 1.807) is 17.0 Å². The van der Waals surface area contributed by atoms with Crippen LogP contribution in [0.25, 0.3) is 0 Å². The standard InChI is InChI=1S/C15H21N3O3S.ClH/c1-3-8-17-22(20,21)14-6-4-13(5-7-14)15(19)18-10-9-16-11-12(18)2;/h3-7,12,16-17H,1,8-11H2,2H3;1H. The first kappa shape index (κ1) is 19.6. The van der Waals surface area contributed by atoms with Crippen LogP contribution in [0.4, 0.5) is 0 Å². The van der Waals surface area contributed by atoms with Crippen molar-refractivity contribution in [1.29, 1.82) is 0 Å². The van der Waals surface area contributed by atoms with Gasteiger partial charge in [-0.2, -0.15) is 0 Å². The molecule has 0 radical (unpaired) electrons. The minimum Gasteiger partial charge on any atom is -0.333 e. The van der Waals surface area contributed by atoms with Crippen LogP contribution in [0, 0.1) is 0 Å². The minimum atomic E-state index is -3.56. The zero-order chi connectivity index (χ0) is 16.2. The largest absolute Gasteiger partial charge is 0.333 e. The Balaban J connectivity index is 0.00000264. The van der Waals surface area contributed by atoms with E-state index < -0.39 is 10.0 Å². The Morgan fingerprint density at radius 3 is 2.65 bits per heavy atom. The quantitative estimate of drug-likeness (QED) is 0.769. The first-order valence-electron chi connectivity index (χ1n) is 7.18.